The first-order chi connectivity index (χ1) is 9.74. The van der Waals surface area contributed by atoms with Crippen molar-refractivity contribution in [3.05, 3.63) is 23.9 Å². The zero-order valence-corrected chi connectivity index (χ0v) is 11.3. The Morgan fingerprint density at radius 2 is 2.00 bits per heavy atom. The first kappa shape index (κ1) is 13.1. The van der Waals surface area contributed by atoms with Crippen molar-refractivity contribution < 1.29 is 9.59 Å². The zero-order valence-electron chi connectivity index (χ0n) is 11.3. The number of carbonyl (C=O) groups excluding carboxylic acids is 2. The van der Waals surface area contributed by atoms with E-state index < -0.39 is 0 Å². The van der Waals surface area contributed by atoms with E-state index in [2.05, 4.69) is 20.5 Å². The fourth-order valence-corrected chi connectivity index (χ4v) is 2.70. The molecule has 2 amide bonds. The number of carbonyl (C=O) groups is 2. The monoisotopic (exact) mass is 274 g/mol. The maximum atomic E-state index is 11.8. The second kappa shape index (κ2) is 5.58. The number of aromatic nitrogens is 1. The lowest BCUT2D eigenvalue weighted by Crippen LogP contribution is -2.44. The lowest BCUT2D eigenvalue weighted by atomic mass is 9.92. The fourth-order valence-electron chi connectivity index (χ4n) is 2.70. The molecule has 1 atom stereocenters. The van der Waals surface area contributed by atoms with Crippen LogP contribution in [0.5, 0.6) is 0 Å². The number of imide groups is 1. The van der Waals surface area contributed by atoms with Gasteiger partial charge in [0.15, 0.2) is 0 Å². The summed E-state index contributed by atoms with van der Waals surface area (Å²) in [7, 11) is 0. The van der Waals surface area contributed by atoms with Crippen molar-refractivity contribution in [2.24, 2.45) is 0 Å². The van der Waals surface area contributed by atoms with Crippen LogP contribution in [0.25, 0.3) is 0 Å². The summed E-state index contributed by atoms with van der Waals surface area (Å²) in [4.78, 5) is 29.7. The second-order valence-electron chi connectivity index (χ2n) is 5.19. The number of anilines is 1. The summed E-state index contributed by atoms with van der Waals surface area (Å²) >= 11 is 0. The van der Waals surface area contributed by atoms with Gasteiger partial charge in [0.05, 0.1) is 5.92 Å². The van der Waals surface area contributed by atoms with E-state index in [1.807, 2.05) is 12.1 Å². The van der Waals surface area contributed by atoms with Gasteiger partial charge < -0.3 is 10.2 Å². The van der Waals surface area contributed by atoms with Crippen LogP contribution in [0, 0.1) is 0 Å². The topological polar surface area (TPSA) is 74.3 Å². The van der Waals surface area contributed by atoms with E-state index in [9.17, 15) is 9.59 Å². The highest BCUT2D eigenvalue weighted by Gasteiger charge is 2.28. The minimum absolute atomic E-state index is 0.184. The van der Waals surface area contributed by atoms with Crippen molar-refractivity contribution in [2.45, 2.75) is 18.8 Å². The zero-order chi connectivity index (χ0) is 13.9. The molecule has 1 aromatic heterocycles. The maximum absolute atomic E-state index is 11.8. The highest BCUT2D eigenvalue weighted by atomic mass is 16.2. The molecule has 2 saturated heterocycles. The Bertz CT molecular complexity index is 508. The molecule has 0 aliphatic carbocycles. The molecular weight excluding hydrogens is 256 g/mol. The minimum atomic E-state index is -0.253. The van der Waals surface area contributed by atoms with Gasteiger partial charge in [-0.3, -0.25) is 14.9 Å². The predicted molar refractivity (Wildman–Crippen MR) is 74.4 cm³/mol. The number of nitrogens with zero attached hydrogens (tertiary/aromatic N) is 2. The Hall–Kier alpha value is -1.95. The number of rotatable bonds is 2. The third-order valence-electron chi connectivity index (χ3n) is 3.85. The van der Waals surface area contributed by atoms with Crippen LogP contribution >= 0.6 is 0 Å². The summed E-state index contributed by atoms with van der Waals surface area (Å²) in [5.41, 5.74) is 0.883. The first-order valence-electron chi connectivity index (χ1n) is 6.99. The number of amides is 2. The summed E-state index contributed by atoms with van der Waals surface area (Å²) in [5, 5.41) is 5.68. The standard InChI is InChI=1S/C14H18N4O2/c19-13-4-2-11(14(20)17-13)10-1-3-12(16-9-10)18-7-5-15-6-8-18/h1,3,9,11,15H,2,4-8H2,(H,17,19,20)/t11-/m1/s1. The van der Waals surface area contributed by atoms with Gasteiger partial charge >= 0.3 is 0 Å². The number of piperidine rings is 1. The molecule has 0 radical (unpaired) electrons. The molecule has 6 nitrogen and oxygen atoms in total. The molecule has 2 fully saturated rings. The van der Waals surface area contributed by atoms with Crippen LogP contribution in [0.15, 0.2) is 18.3 Å². The quantitative estimate of drug-likeness (QED) is 0.743. The Morgan fingerprint density at radius 1 is 1.20 bits per heavy atom. The van der Waals surface area contributed by atoms with Gasteiger partial charge in [-0.2, -0.15) is 0 Å². The number of hydrogen-bond donors (Lipinski definition) is 2. The van der Waals surface area contributed by atoms with Crippen molar-refractivity contribution >= 4 is 17.6 Å². The molecule has 1 aromatic rings. The van der Waals surface area contributed by atoms with Crippen LogP contribution in [-0.2, 0) is 9.59 Å². The average Bonchev–Trinajstić information content (AvgIpc) is 2.48. The van der Waals surface area contributed by atoms with E-state index in [4.69, 9.17) is 0 Å². The Labute approximate surface area is 117 Å². The van der Waals surface area contributed by atoms with Crippen LogP contribution in [0.2, 0.25) is 0 Å². The molecule has 2 aliphatic rings. The molecule has 106 valence electrons. The molecule has 0 aromatic carbocycles. The summed E-state index contributed by atoms with van der Waals surface area (Å²) in [6.07, 6.45) is 2.73. The van der Waals surface area contributed by atoms with E-state index in [1.165, 1.54) is 0 Å². The van der Waals surface area contributed by atoms with E-state index >= 15 is 0 Å². The summed E-state index contributed by atoms with van der Waals surface area (Å²) < 4.78 is 0. The highest BCUT2D eigenvalue weighted by Crippen LogP contribution is 2.25. The molecule has 0 bridgehead atoms. The molecule has 6 heteroatoms. The van der Waals surface area contributed by atoms with E-state index in [-0.39, 0.29) is 17.7 Å². The molecular formula is C14H18N4O2. The minimum Gasteiger partial charge on any atom is -0.354 e. The molecule has 2 N–H and O–H groups in total. The van der Waals surface area contributed by atoms with Crippen LogP contribution in [0.3, 0.4) is 0 Å². The van der Waals surface area contributed by atoms with Crippen LogP contribution in [0.1, 0.15) is 24.3 Å². The fraction of sp³-hybridized carbons (Fsp3) is 0.500. The number of nitrogens with one attached hydrogen (secondary N) is 2. The largest absolute Gasteiger partial charge is 0.354 e. The second-order valence-corrected chi connectivity index (χ2v) is 5.19. The highest BCUT2D eigenvalue weighted by molar-refractivity contribution is 6.00. The Balaban J connectivity index is 1.72. The van der Waals surface area contributed by atoms with Crippen LogP contribution in [0.4, 0.5) is 5.82 Å². The normalized spacial score (nSPS) is 23.6. The molecule has 3 rings (SSSR count). The number of piperazine rings is 1. The van der Waals surface area contributed by atoms with Gasteiger partial charge in [0.25, 0.3) is 0 Å². The SMILES string of the molecule is O=C1CC[C@H](c2ccc(N3CCNCC3)nc2)C(=O)N1. The van der Waals surface area contributed by atoms with Crippen molar-refractivity contribution in [1.29, 1.82) is 0 Å². The van der Waals surface area contributed by atoms with Gasteiger partial charge in [-0.1, -0.05) is 6.07 Å². The van der Waals surface area contributed by atoms with E-state index in [0.29, 0.717) is 12.8 Å². The predicted octanol–water partition coefficient (Wildman–Crippen LogP) is 0.0114. The van der Waals surface area contributed by atoms with Crippen molar-refractivity contribution in [3.63, 3.8) is 0 Å². The van der Waals surface area contributed by atoms with Gasteiger partial charge in [0, 0.05) is 38.8 Å². The molecule has 3 heterocycles. The van der Waals surface area contributed by atoms with Crippen LogP contribution in [-0.4, -0.2) is 43.0 Å². The van der Waals surface area contributed by atoms with Gasteiger partial charge in [0.2, 0.25) is 11.8 Å². The average molecular weight is 274 g/mol. The summed E-state index contributed by atoms with van der Waals surface area (Å²) in [6, 6.07) is 3.91. The summed E-state index contributed by atoms with van der Waals surface area (Å²) in [6.45, 7) is 3.84. The molecule has 20 heavy (non-hydrogen) atoms. The molecule has 2 aliphatic heterocycles. The van der Waals surface area contributed by atoms with E-state index in [0.717, 1.165) is 37.6 Å². The Morgan fingerprint density at radius 3 is 2.65 bits per heavy atom. The van der Waals surface area contributed by atoms with Gasteiger partial charge in [-0.25, -0.2) is 4.98 Å². The van der Waals surface area contributed by atoms with Gasteiger partial charge in [-0.05, 0) is 18.1 Å². The lowest BCUT2D eigenvalue weighted by Gasteiger charge is -2.28. The number of hydrogen-bond acceptors (Lipinski definition) is 5. The maximum Gasteiger partial charge on any atom is 0.234 e. The van der Waals surface area contributed by atoms with Gasteiger partial charge in [-0.15, -0.1) is 0 Å². The smallest absolute Gasteiger partial charge is 0.234 e. The first-order valence-corrected chi connectivity index (χ1v) is 6.99. The lowest BCUT2D eigenvalue weighted by molar-refractivity contribution is -0.134. The van der Waals surface area contributed by atoms with Crippen LogP contribution < -0.4 is 15.5 Å². The van der Waals surface area contributed by atoms with Crippen molar-refractivity contribution in [2.75, 3.05) is 31.1 Å². The van der Waals surface area contributed by atoms with E-state index in [1.54, 1.807) is 6.20 Å². The molecule has 0 unspecified atom stereocenters. The third kappa shape index (κ3) is 2.65. The van der Waals surface area contributed by atoms with Crippen molar-refractivity contribution in [1.82, 2.24) is 15.6 Å². The molecule has 0 spiro atoms. The van der Waals surface area contributed by atoms with Crippen molar-refractivity contribution in [3.8, 4) is 0 Å². The number of pyridine rings is 1. The third-order valence-corrected chi connectivity index (χ3v) is 3.85. The molecule has 0 saturated carbocycles. The Kier molecular flexibility index (Phi) is 3.64. The summed E-state index contributed by atoms with van der Waals surface area (Å²) in [5.74, 6) is 0.300. The van der Waals surface area contributed by atoms with Gasteiger partial charge in [0.1, 0.15) is 5.82 Å².